The second-order valence-corrected chi connectivity index (χ2v) is 9.86. The summed E-state index contributed by atoms with van der Waals surface area (Å²) in [6, 6.07) is 13.8. The Hall–Kier alpha value is -3.39. The lowest BCUT2D eigenvalue weighted by Crippen LogP contribution is -2.39. The van der Waals surface area contributed by atoms with Crippen molar-refractivity contribution in [1.82, 2.24) is 10.2 Å². The summed E-state index contributed by atoms with van der Waals surface area (Å²) in [5.74, 6) is -1.09. The third-order valence-corrected chi connectivity index (χ3v) is 7.63. The van der Waals surface area contributed by atoms with Gasteiger partial charge in [-0.25, -0.2) is 14.2 Å². The van der Waals surface area contributed by atoms with Gasteiger partial charge in [0.15, 0.2) is 5.17 Å². The smallest absolute Gasteiger partial charge is 0.338 e. The molecule has 0 saturated carbocycles. The normalized spacial score (nSPS) is 20.8. The van der Waals surface area contributed by atoms with Crippen LogP contribution in [0.15, 0.2) is 75.9 Å². The van der Waals surface area contributed by atoms with Gasteiger partial charge in [-0.1, -0.05) is 54.2 Å². The zero-order valence-corrected chi connectivity index (χ0v) is 21.1. The van der Waals surface area contributed by atoms with Crippen molar-refractivity contribution in [3.63, 3.8) is 0 Å². The van der Waals surface area contributed by atoms with Crippen molar-refractivity contribution in [3.05, 3.63) is 93.4 Å². The number of nitrogens with zero attached hydrogens (tertiary/aromatic N) is 2. The van der Waals surface area contributed by atoms with Crippen LogP contribution >= 0.6 is 11.8 Å². The number of amides is 1. The molecule has 186 valence electrons. The van der Waals surface area contributed by atoms with Crippen LogP contribution < -0.4 is 5.32 Å². The van der Waals surface area contributed by atoms with Gasteiger partial charge in [0.05, 0.1) is 36.4 Å². The number of carbonyl (C=O) groups is 2. The van der Waals surface area contributed by atoms with Gasteiger partial charge in [0.2, 0.25) is 5.91 Å². The number of allylic oxidation sites excluding steroid dienone is 1. The van der Waals surface area contributed by atoms with E-state index >= 15 is 4.39 Å². The number of benzene rings is 2. The van der Waals surface area contributed by atoms with Crippen LogP contribution in [0.1, 0.15) is 61.9 Å². The molecule has 2 heterocycles. The molecule has 1 aliphatic carbocycles. The molecule has 2 atom stereocenters. The molecule has 2 aliphatic heterocycles. The molecule has 6 nitrogen and oxygen atoms in total. The number of thioether (sulfide) groups is 1. The number of hydrogen-bond acceptors (Lipinski definition) is 6. The second-order valence-electron chi connectivity index (χ2n) is 9.02. The van der Waals surface area contributed by atoms with Crippen molar-refractivity contribution < 1.29 is 18.7 Å². The number of aliphatic imine (C=N–C) groups is 1. The Morgan fingerprint density at radius 2 is 1.92 bits per heavy atom. The fourth-order valence-electron chi connectivity index (χ4n) is 5.14. The number of amidine groups is 1. The van der Waals surface area contributed by atoms with Crippen LogP contribution in [0.4, 0.5) is 4.39 Å². The van der Waals surface area contributed by atoms with Crippen molar-refractivity contribution in [1.29, 1.82) is 0 Å². The van der Waals surface area contributed by atoms with Crippen molar-refractivity contribution >= 4 is 28.8 Å². The molecule has 2 aromatic rings. The summed E-state index contributed by atoms with van der Waals surface area (Å²) >= 11 is 1.37. The predicted octanol–water partition coefficient (Wildman–Crippen LogP) is 5.55. The first-order valence-electron chi connectivity index (χ1n) is 12.2. The average molecular weight is 506 g/mol. The Morgan fingerprint density at radius 3 is 2.69 bits per heavy atom. The van der Waals surface area contributed by atoms with Crippen LogP contribution in [0.3, 0.4) is 0 Å². The van der Waals surface area contributed by atoms with E-state index in [1.54, 1.807) is 36.9 Å². The maximum absolute atomic E-state index is 15.1. The number of fused-ring (bicyclic) bond motifs is 2. The lowest BCUT2D eigenvalue weighted by Gasteiger charge is -2.36. The fourth-order valence-corrected chi connectivity index (χ4v) is 6.11. The maximum Gasteiger partial charge on any atom is 0.338 e. The van der Waals surface area contributed by atoms with Crippen molar-refractivity contribution in [2.45, 2.75) is 51.6 Å². The molecule has 0 saturated heterocycles. The Balaban J connectivity index is 1.43. The third kappa shape index (κ3) is 4.57. The van der Waals surface area contributed by atoms with E-state index in [4.69, 9.17) is 4.74 Å². The largest absolute Gasteiger partial charge is 0.463 e. The van der Waals surface area contributed by atoms with E-state index in [9.17, 15) is 9.59 Å². The summed E-state index contributed by atoms with van der Waals surface area (Å²) in [5, 5.41) is 5.67. The van der Waals surface area contributed by atoms with Gasteiger partial charge in [-0.3, -0.25) is 4.79 Å². The molecule has 8 heteroatoms. The number of nitrogens with one attached hydrogen (secondary N) is 1. The first-order chi connectivity index (χ1) is 17.5. The van der Waals surface area contributed by atoms with E-state index in [-0.39, 0.29) is 30.5 Å². The summed E-state index contributed by atoms with van der Waals surface area (Å²) in [6.07, 6.45) is 3.01. The average Bonchev–Trinajstić information content (AvgIpc) is 3.25. The predicted molar refractivity (Wildman–Crippen MR) is 138 cm³/mol. The third-order valence-electron chi connectivity index (χ3n) is 6.74. The van der Waals surface area contributed by atoms with E-state index < -0.39 is 17.8 Å². The number of esters is 1. The Kier molecular flexibility index (Phi) is 6.96. The molecule has 0 radical (unpaired) electrons. The van der Waals surface area contributed by atoms with Gasteiger partial charge >= 0.3 is 5.97 Å². The lowest BCUT2D eigenvalue weighted by molar-refractivity contribution is -0.139. The summed E-state index contributed by atoms with van der Waals surface area (Å²) in [5.41, 5.74) is 4.21. The highest BCUT2D eigenvalue weighted by molar-refractivity contribution is 8.16. The van der Waals surface area contributed by atoms with Gasteiger partial charge in [0.25, 0.3) is 0 Å². The van der Waals surface area contributed by atoms with E-state index in [1.165, 1.54) is 29.0 Å². The van der Waals surface area contributed by atoms with Crippen LogP contribution in [0.2, 0.25) is 0 Å². The molecule has 1 N–H and O–H groups in total. The first kappa shape index (κ1) is 24.3. The molecule has 0 aromatic heterocycles. The quantitative estimate of drug-likeness (QED) is 0.522. The van der Waals surface area contributed by atoms with Gasteiger partial charge in [-0.05, 0) is 55.7 Å². The van der Waals surface area contributed by atoms with Crippen molar-refractivity contribution in [3.8, 4) is 0 Å². The minimum absolute atomic E-state index is 0.0359. The second kappa shape index (κ2) is 10.3. The number of rotatable bonds is 6. The maximum atomic E-state index is 15.1. The van der Waals surface area contributed by atoms with Crippen molar-refractivity contribution in [2.75, 3.05) is 6.61 Å². The number of halogens is 1. The molecular formula is C28H28FN3O3S. The molecule has 2 aromatic carbocycles. The van der Waals surface area contributed by atoms with E-state index in [2.05, 4.69) is 22.4 Å². The topological polar surface area (TPSA) is 71.0 Å². The lowest BCUT2D eigenvalue weighted by atomic mass is 9.87. The summed E-state index contributed by atoms with van der Waals surface area (Å²) in [4.78, 5) is 32.7. The van der Waals surface area contributed by atoms with Gasteiger partial charge in [-0.15, -0.1) is 0 Å². The van der Waals surface area contributed by atoms with Gasteiger partial charge < -0.3 is 15.0 Å². The highest BCUT2D eigenvalue weighted by atomic mass is 32.2. The van der Waals surface area contributed by atoms with E-state index in [1.807, 2.05) is 17.5 Å². The fraction of sp³-hybridized carbons (Fsp3) is 0.321. The molecule has 0 bridgehead atoms. The number of hydrogen-bond donors (Lipinski definition) is 1. The van der Waals surface area contributed by atoms with Crippen LogP contribution in [-0.4, -0.2) is 28.6 Å². The standard InChI is InChI=1S/C28H28FN3O3S/c1-3-35-27(34)25-17(2)30-28-32(26(25)21-12-6-7-13-22(21)29)19(16-36-28)15-24(33)31-23-14-8-10-18-9-4-5-11-20(18)23/h4-7,9,11-13,16,23,26H,3,8,10,14-15H2,1-2H3,(H,31,33)/t23-,26-/m0/s1. The zero-order chi connectivity index (χ0) is 25.2. The first-order valence-corrected chi connectivity index (χ1v) is 13.1. The molecule has 0 fully saturated rings. The SMILES string of the molecule is CCOC(=O)C1=C(C)N=C2SC=C(CC(=O)N[C@H]3CCCc4ccccc43)N2[C@H]1c1ccccc1F. The molecule has 36 heavy (non-hydrogen) atoms. The number of aryl methyl sites for hydroxylation is 1. The van der Waals surface area contributed by atoms with Crippen LogP contribution in [0.5, 0.6) is 0 Å². The molecule has 3 aliphatic rings. The summed E-state index contributed by atoms with van der Waals surface area (Å²) in [7, 11) is 0. The summed E-state index contributed by atoms with van der Waals surface area (Å²) < 4.78 is 20.4. The molecule has 0 spiro atoms. The molecule has 5 rings (SSSR count). The van der Waals surface area contributed by atoms with Crippen molar-refractivity contribution in [2.24, 2.45) is 4.99 Å². The monoisotopic (exact) mass is 505 g/mol. The Morgan fingerprint density at radius 1 is 1.17 bits per heavy atom. The number of ether oxygens (including phenoxy) is 1. The van der Waals surface area contributed by atoms with Crippen LogP contribution in [-0.2, 0) is 20.7 Å². The van der Waals surface area contributed by atoms with Gasteiger partial charge in [0, 0.05) is 11.3 Å². The zero-order valence-electron chi connectivity index (χ0n) is 20.3. The van der Waals surface area contributed by atoms with Gasteiger partial charge in [0.1, 0.15) is 5.82 Å². The van der Waals surface area contributed by atoms with Gasteiger partial charge in [-0.2, -0.15) is 0 Å². The van der Waals surface area contributed by atoms with E-state index in [0.29, 0.717) is 22.1 Å². The Labute approximate surface area is 214 Å². The minimum atomic E-state index is -0.776. The van der Waals surface area contributed by atoms with Crippen LogP contribution in [0, 0.1) is 5.82 Å². The highest BCUT2D eigenvalue weighted by Crippen LogP contribution is 2.45. The Bertz CT molecular complexity index is 1300. The minimum Gasteiger partial charge on any atom is -0.463 e. The van der Waals surface area contributed by atoms with Crippen LogP contribution in [0.25, 0.3) is 0 Å². The summed E-state index contributed by atoms with van der Waals surface area (Å²) in [6.45, 7) is 3.66. The molecule has 0 unspecified atom stereocenters. The highest BCUT2D eigenvalue weighted by Gasteiger charge is 2.42. The number of carbonyl (C=O) groups excluding carboxylic acids is 2. The molecular weight excluding hydrogens is 477 g/mol. The molecule has 1 amide bonds. The van der Waals surface area contributed by atoms with E-state index in [0.717, 1.165) is 19.3 Å².